The summed E-state index contributed by atoms with van der Waals surface area (Å²) in [5.41, 5.74) is 1.47. The summed E-state index contributed by atoms with van der Waals surface area (Å²) in [5.74, 6) is -0.104. The molecule has 0 radical (unpaired) electrons. The van der Waals surface area contributed by atoms with Crippen LogP contribution in [0.25, 0.3) is 0 Å². The zero-order valence-electron chi connectivity index (χ0n) is 17.6. The summed E-state index contributed by atoms with van der Waals surface area (Å²) in [6.45, 7) is 3.31. The quantitative estimate of drug-likeness (QED) is 0.681. The Morgan fingerprint density at radius 2 is 1.84 bits per heavy atom. The van der Waals surface area contributed by atoms with Gasteiger partial charge in [-0.1, -0.05) is 6.07 Å². The van der Waals surface area contributed by atoms with Crippen molar-refractivity contribution < 1.29 is 17.9 Å². The van der Waals surface area contributed by atoms with Gasteiger partial charge in [0.05, 0.1) is 29.5 Å². The molecule has 31 heavy (non-hydrogen) atoms. The molecule has 0 aliphatic carbocycles. The number of amides is 1. The van der Waals surface area contributed by atoms with E-state index in [9.17, 15) is 13.2 Å². The van der Waals surface area contributed by atoms with Gasteiger partial charge in [0.2, 0.25) is 15.9 Å². The lowest BCUT2D eigenvalue weighted by molar-refractivity contribution is -0.116. The van der Waals surface area contributed by atoms with Crippen LogP contribution >= 0.6 is 11.3 Å². The number of morpholine rings is 1. The molecular formula is C22H29N3O4S2. The van der Waals surface area contributed by atoms with E-state index in [1.54, 1.807) is 23.5 Å². The number of anilines is 2. The molecular weight excluding hydrogens is 434 g/mol. The first-order chi connectivity index (χ1) is 15.0. The number of nitrogens with one attached hydrogen (secondary N) is 1. The lowest BCUT2D eigenvalue weighted by atomic mass is 10.1. The van der Waals surface area contributed by atoms with Gasteiger partial charge in [-0.3, -0.25) is 4.79 Å². The summed E-state index contributed by atoms with van der Waals surface area (Å²) in [6.07, 6.45) is 4.43. The zero-order valence-corrected chi connectivity index (χ0v) is 19.2. The lowest BCUT2D eigenvalue weighted by Gasteiger charge is -2.31. The first-order valence-corrected chi connectivity index (χ1v) is 13.2. The molecule has 0 unspecified atom stereocenters. The maximum Gasteiger partial charge on any atom is 0.243 e. The van der Waals surface area contributed by atoms with Gasteiger partial charge in [-0.15, -0.1) is 11.3 Å². The van der Waals surface area contributed by atoms with Gasteiger partial charge in [0.25, 0.3) is 0 Å². The van der Waals surface area contributed by atoms with Crippen molar-refractivity contribution in [2.75, 3.05) is 49.6 Å². The normalized spacial score (nSPS) is 18.1. The molecule has 2 aliphatic rings. The summed E-state index contributed by atoms with van der Waals surface area (Å²) < 4.78 is 33.0. The van der Waals surface area contributed by atoms with E-state index < -0.39 is 10.0 Å². The van der Waals surface area contributed by atoms with Crippen molar-refractivity contribution in [2.45, 2.75) is 37.0 Å². The Kier molecular flexibility index (Phi) is 7.27. The Bertz CT molecular complexity index is 980. The predicted octanol–water partition coefficient (Wildman–Crippen LogP) is 3.33. The molecule has 9 heteroatoms. The smallest absolute Gasteiger partial charge is 0.243 e. The number of hydrogen-bond acceptors (Lipinski definition) is 6. The molecule has 3 heterocycles. The van der Waals surface area contributed by atoms with Crippen LogP contribution in [-0.2, 0) is 26.0 Å². The molecule has 0 bridgehead atoms. The van der Waals surface area contributed by atoms with Crippen LogP contribution in [0.15, 0.2) is 40.6 Å². The van der Waals surface area contributed by atoms with Gasteiger partial charge in [-0.2, -0.15) is 4.31 Å². The first kappa shape index (κ1) is 22.3. The molecule has 1 amide bonds. The Morgan fingerprint density at radius 1 is 1.06 bits per heavy atom. The largest absolute Gasteiger partial charge is 0.379 e. The molecule has 2 aliphatic heterocycles. The molecule has 2 aromatic rings. The van der Waals surface area contributed by atoms with Gasteiger partial charge in [-0.25, -0.2) is 8.42 Å². The van der Waals surface area contributed by atoms with Gasteiger partial charge in [-0.05, 0) is 55.3 Å². The maximum absolute atomic E-state index is 13.1. The van der Waals surface area contributed by atoms with Crippen molar-refractivity contribution >= 4 is 38.6 Å². The van der Waals surface area contributed by atoms with Crippen LogP contribution < -0.4 is 10.2 Å². The van der Waals surface area contributed by atoms with Crippen molar-refractivity contribution in [1.82, 2.24) is 4.31 Å². The number of benzene rings is 1. The molecule has 1 aromatic heterocycles. The Morgan fingerprint density at radius 3 is 2.55 bits per heavy atom. The molecule has 2 fully saturated rings. The molecule has 1 aromatic carbocycles. The van der Waals surface area contributed by atoms with Gasteiger partial charge in [0.15, 0.2) is 0 Å². The average molecular weight is 464 g/mol. The fourth-order valence-electron chi connectivity index (χ4n) is 4.03. The van der Waals surface area contributed by atoms with Gasteiger partial charge in [0, 0.05) is 37.5 Å². The number of piperidine rings is 1. The lowest BCUT2D eigenvalue weighted by Crippen LogP contribution is -2.40. The monoisotopic (exact) mass is 463 g/mol. The highest BCUT2D eigenvalue weighted by molar-refractivity contribution is 7.89. The number of nitrogens with zero attached hydrogens (tertiary/aromatic N) is 2. The summed E-state index contributed by atoms with van der Waals surface area (Å²) in [4.78, 5) is 16.3. The average Bonchev–Trinajstić information content (AvgIpc) is 3.33. The fraction of sp³-hybridized carbons (Fsp3) is 0.500. The number of aryl methyl sites for hydroxylation is 1. The molecule has 7 nitrogen and oxygen atoms in total. The van der Waals surface area contributed by atoms with E-state index in [0.717, 1.165) is 36.5 Å². The number of carbonyl (C=O) groups is 1. The van der Waals surface area contributed by atoms with Gasteiger partial charge in [0.1, 0.15) is 0 Å². The van der Waals surface area contributed by atoms with Crippen molar-refractivity contribution in [3.8, 4) is 0 Å². The third-order valence-electron chi connectivity index (χ3n) is 5.73. The molecule has 168 valence electrons. The van der Waals surface area contributed by atoms with Crippen LogP contribution in [0, 0.1) is 0 Å². The van der Waals surface area contributed by atoms with Crippen LogP contribution in [-0.4, -0.2) is 58.0 Å². The second-order valence-electron chi connectivity index (χ2n) is 7.87. The van der Waals surface area contributed by atoms with E-state index in [1.807, 2.05) is 23.6 Å². The van der Waals surface area contributed by atoms with Crippen LogP contribution in [0.1, 0.15) is 30.6 Å². The zero-order chi connectivity index (χ0) is 21.7. The maximum atomic E-state index is 13.1. The summed E-state index contributed by atoms with van der Waals surface area (Å²) in [5, 5.41) is 5.00. The van der Waals surface area contributed by atoms with Gasteiger partial charge >= 0.3 is 0 Å². The molecule has 0 spiro atoms. The summed E-state index contributed by atoms with van der Waals surface area (Å²) in [7, 11) is -3.63. The minimum absolute atomic E-state index is 0.104. The van der Waals surface area contributed by atoms with Gasteiger partial charge < -0.3 is 15.0 Å². The van der Waals surface area contributed by atoms with Crippen LogP contribution in [0.3, 0.4) is 0 Å². The highest BCUT2D eigenvalue weighted by Gasteiger charge is 2.28. The van der Waals surface area contributed by atoms with Crippen LogP contribution in [0.5, 0.6) is 0 Å². The molecule has 2 saturated heterocycles. The summed E-state index contributed by atoms with van der Waals surface area (Å²) in [6, 6.07) is 9.13. The van der Waals surface area contributed by atoms with Crippen LogP contribution in [0.2, 0.25) is 0 Å². The first-order valence-electron chi connectivity index (χ1n) is 10.8. The van der Waals surface area contributed by atoms with E-state index in [1.165, 1.54) is 10.7 Å². The van der Waals surface area contributed by atoms with Crippen molar-refractivity contribution in [3.63, 3.8) is 0 Å². The van der Waals surface area contributed by atoms with E-state index in [4.69, 9.17) is 4.74 Å². The SMILES string of the molecule is O=C(CCc1cccs1)Nc1cc(S(=O)(=O)N2CCOCC2)ccc1N1CCCCC1. The number of carbonyl (C=O) groups excluding carboxylic acids is 1. The van der Waals surface area contributed by atoms with E-state index in [2.05, 4.69) is 10.2 Å². The Hall–Kier alpha value is -1.94. The molecule has 0 atom stereocenters. The van der Waals surface area contributed by atoms with E-state index in [0.29, 0.717) is 44.8 Å². The second-order valence-corrected chi connectivity index (χ2v) is 10.8. The Labute approximate surface area is 188 Å². The number of thiophene rings is 1. The third kappa shape index (κ3) is 5.46. The minimum atomic E-state index is -3.63. The Balaban J connectivity index is 1.57. The molecule has 0 saturated carbocycles. The molecule has 4 rings (SSSR count). The number of hydrogen-bond donors (Lipinski definition) is 1. The number of sulfonamides is 1. The number of rotatable bonds is 7. The van der Waals surface area contributed by atoms with E-state index in [-0.39, 0.29) is 10.8 Å². The minimum Gasteiger partial charge on any atom is -0.379 e. The van der Waals surface area contributed by atoms with Crippen molar-refractivity contribution in [1.29, 1.82) is 0 Å². The summed E-state index contributed by atoms with van der Waals surface area (Å²) >= 11 is 1.64. The van der Waals surface area contributed by atoms with Crippen molar-refractivity contribution in [2.24, 2.45) is 0 Å². The van der Waals surface area contributed by atoms with Crippen molar-refractivity contribution in [3.05, 3.63) is 40.6 Å². The topological polar surface area (TPSA) is 79.0 Å². The highest BCUT2D eigenvalue weighted by Crippen LogP contribution is 2.32. The van der Waals surface area contributed by atoms with Crippen LogP contribution in [0.4, 0.5) is 11.4 Å². The standard InChI is InChI=1S/C22H29N3O4S2/c26-22(9-6-18-5-4-16-30-18)23-20-17-19(31(27,28)25-12-14-29-15-13-25)7-8-21(20)24-10-2-1-3-11-24/h4-5,7-8,16-17H,1-3,6,9-15H2,(H,23,26). The number of ether oxygens (including phenoxy) is 1. The molecule has 1 N–H and O–H groups in total. The second kappa shape index (κ2) is 10.1. The third-order valence-corrected chi connectivity index (χ3v) is 8.56. The fourth-order valence-corrected chi connectivity index (χ4v) is 6.17. The predicted molar refractivity (Wildman–Crippen MR) is 123 cm³/mol. The highest BCUT2D eigenvalue weighted by atomic mass is 32.2. The van der Waals surface area contributed by atoms with E-state index >= 15 is 0 Å².